The van der Waals surface area contributed by atoms with Crippen LogP contribution >= 0.6 is 0 Å². The predicted molar refractivity (Wildman–Crippen MR) is 99.8 cm³/mol. The molecular weight excluding hydrogens is 316 g/mol. The second-order valence-electron chi connectivity index (χ2n) is 7.23. The van der Waals surface area contributed by atoms with Gasteiger partial charge in [0.05, 0.1) is 18.8 Å². The third kappa shape index (κ3) is 5.06. The number of nitrogens with zero attached hydrogens (tertiary/aromatic N) is 2. The summed E-state index contributed by atoms with van der Waals surface area (Å²) in [5, 5.41) is 19.9. The molecule has 0 radical (unpaired) electrons. The Bertz CT molecular complexity index is 744. The van der Waals surface area contributed by atoms with Crippen LogP contribution in [0.4, 0.5) is 5.69 Å². The number of aliphatic hydroxyl groups is 1. The molecule has 1 aromatic carbocycles. The van der Waals surface area contributed by atoms with Crippen LogP contribution in [-0.2, 0) is 13.1 Å². The number of aliphatic hydroxyl groups excluding tert-OH is 1. The molecule has 0 unspecified atom stereocenters. The van der Waals surface area contributed by atoms with Crippen molar-refractivity contribution in [2.75, 3.05) is 11.9 Å². The van der Waals surface area contributed by atoms with Crippen LogP contribution in [0.15, 0.2) is 24.3 Å². The van der Waals surface area contributed by atoms with Crippen LogP contribution in [0.25, 0.3) is 0 Å². The van der Waals surface area contributed by atoms with Crippen LogP contribution < -0.4 is 10.6 Å². The average molecular weight is 344 g/mol. The molecular formula is C19H28N4O2. The summed E-state index contributed by atoms with van der Waals surface area (Å²) in [6, 6.07) is 7.47. The number of benzene rings is 1. The van der Waals surface area contributed by atoms with Gasteiger partial charge in [-0.15, -0.1) is 0 Å². The molecule has 0 aliphatic heterocycles. The summed E-state index contributed by atoms with van der Waals surface area (Å²) >= 11 is 0. The van der Waals surface area contributed by atoms with E-state index in [9.17, 15) is 4.79 Å². The summed E-state index contributed by atoms with van der Waals surface area (Å²) in [6.45, 7) is 11.0. The maximum atomic E-state index is 12.3. The Kier molecular flexibility index (Phi) is 5.85. The monoisotopic (exact) mass is 344 g/mol. The lowest BCUT2D eigenvalue weighted by atomic mass is 10.1. The second kappa shape index (κ2) is 7.70. The van der Waals surface area contributed by atoms with Crippen LogP contribution in [0.3, 0.4) is 0 Å². The fourth-order valence-corrected chi connectivity index (χ4v) is 2.68. The van der Waals surface area contributed by atoms with Gasteiger partial charge in [0.2, 0.25) is 0 Å². The lowest BCUT2D eigenvalue weighted by molar-refractivity contribution is 0.0919. The zero-order valence-corrected chi connectivity index (χ0v) is 15.7. The summed E-state index contributed by atoms with van der Waals surface area (Å²) in [4.78, 5) is 12.3. The zero-order valence-electron chi connectivity index (χ0n) is 15.7. The van der Waals surface area contributed by atoms with E-state index in [1.54, 1.807) is 0 Å². The van der Waals surface area contributed by atoms with E-state index in [0.29, 0.717) is 18.7 Å². The second-order valence-corrected chi connectivity index (χ2v) is 7.23. The fourth-order valence-electron chi connectivity index (χ4n) is 2.68. The van der Waals surface area contributed by atoms with Crippen molar-refractivity contribution in [1.82, 2.24) is 15.1 Å². The van der Waals surface area contributed by atoms with E-state index < -0.39 is 0 Å². The van der Waals surface area contributed by atoms with Gasteiger partial charge < -0.3 is 15.7 Å². The highest BCUT2D eigenvalue weighted by molar-refractivity contribution is 5.95. The zero-order chi connectivity index (χ0) is 18.6. The number of rotatable bonds is 6. The van der Waals surface area contributed by atoms with Crippen molar-refractivity contribution in [2.24, 2.45) is 0 Å². The number of amides is 1. The first-order valence-electron chi connectivity index (χ1n) is 8.51. The fraction of sp³-hybridized carbons (Fsp3) is 0.474. The van der Waals surface area contributed by atoms with Gasteiger partial charge in [0.1, 0.15) is 0 Å². The van der Waals surface area contributed by atoms with Crippen LogP contribution in [0.2, 0.25) is 0 Å². The Hall–Kier alpha value is -2.34. The van der Waals surface area contributed by atoms with Gasteiger partial charge >= 0.3 is 0 Å². The quantitative estimate of drug-likeness (QED) is 0.753. The highest BCUT2D eigenvalue weighted by Crippen LogP contribution is 2.17. The molecule has 1 heterocycles. The van der Waals surface area contributed by atoms with E-state index in [0.717, 1.165) is 22.6 Å². The standard InChI is InChI=1S/C19H28N4O2/c1-13-17(14(2)23(22-13)9-10-24)12-20-16-8-6-7-15(11-16)18(25)21-19(3,4)5/h6-8,11,20,24H,9-10,12H2,1-5H3,(H,21,25). The Morgan fingerprint density at radius 1 is 1.28 bits per heavy atom. The maximum absolute atomic E-state index is 12.3. The van der Waals surface area contributed by atoms with Gasteiger partial charge in [0.15, 0.2) is 0 Å². The third-order valence-corrected chi connectivity index (χ3v) is 3.93. The molecule has 0 spiro atoms. The molecule has 25 heavy (non-hydrogen) atoms. The number of carbonyl (C=O) groups excluding carboxylic acids is 1. The largest absolute Gasteiger partial charge is 0.394 e. The number of hydrogen-bond acceptors (Lipinski definition) is 4. The normalized spacial score (nSPS) is 11.4. The minimum atomic E-state index is -0.268. The Morgan fingerprint density at radius 3 is 2.64 bits per heavy atom. The summed E-state index contributed by atoms with van der Waals surface area (Å²) in [5.41, 5.74) is 4.34. The van der Waals surface area contributed by atoms with Crippen molar-refractivity contribution >= 4 is 11.6 Å². The van der Waals surface area contributed by atoms with Gasteiger partial charge in [-0.1, -0.05) is 6.07 Å². The van der Waals surface area contributed by atoms with Gasteiger partial charge in [0, 0.05) is 34.6 Å². The molecule has 1 aromatic heterocycles. The molecule has 3 N–H and O–H groups in total. The van der Waals surface area contributed by atoms with Crippen molar-refractivity contribution in [3.63, 3.8) is 0 Å². The smallest absolute Gasteiger partial charge is 0.251 e. The first-order valence-corrected chi connectivity index (χ1v) is 8.51. The number of aryl methyl sites for hydroxylation is 1. The minimum Gasteiger partial charge on any atom is -0.394 e. The highest BCUT2D eigenvalue weighted by atomic mass is 16.3. The molecule has 136 valence electrons. The van der Waals surface area contributed by atoms with Crippen LogP contribution in [-0.4, -0.2) is 32.9 Å². The number of aromatic nitrogens is 2. The molecule has 0 aliphatic carbocycles. The van der Waals surface area contributed by atoms with Crippen LogP contribution in [0.5, 0.6) is 0 Å². The molecule has 0 saturated carbocycles. The Balaban J connectivity index is 2.09. The Labute approximate surface area is 149 Å². The van der Waals surface area contributed by atoms with Crippen LogP contribution in [0, 0.1) is 13.8 Å². The number of anilines is 1. The molecule has 0 aliphatic rings. The van der Waals surface area contributed by atoms with E-state index in [-0.39, 0.29) is 18.1 Å². The molecule has 0 fully saturated rings. The molecule has 2 rings (SSSR count). The van der Waals surface area contributed by atoms with Crippen molar-refractivity contribution in [3.8, 4) is 0 Å². The molecule has 0 atom stereocenters. The van der Waals surface area contributed by atoms with E-state index in [4.69, 9.17) is 5.11 Å². The van der Waals surface area contributed by atoms with Gasteiger partial charge in [-0.3, -0.25) is 9.48 Å². The topological polar surface area (TPSA) is 79.2 Å². The average Bonchev–Trinajstić information content (AvgIpc) is 2.78. The lowest BCUT2D eigenvalue weighted by Crippen LogP contribution is -2.40. The summed E-state index contributed by atoms with van der Waals surface area (Å²) in [6.07, 6.45) is 0. The summed E-state index contributed by atoms with van der Waals surface area (Å²) in [7, 11) is 0. The van der Waals surface area contributed by atoms with E-state index in [1.165, 1.54) is 0 Å². The number of hydrogen-bond donors (Lipinski definition) is 3. The van der Waals surface area contributed by atoms with Crippen molar-refractivity contribution in [3.05, 3.63) is 46.8 Å². The van der Waals surface area contributed by atoms with Gasteiger partial charge in [-0.05, 0) is 52.8 Å². The SMILES string of the molecule is Cc1nn(CCO)c(C)c1CNc1cccc(C(=O)NC(C)(C)C)c1. The maximum Gasteiger partial charge on any atom is 0.251 e. The number of carbonyl (C=O) groups is 1. The van der Waals surface area contributed by atoms with Crippen molar-refractivity contribution < 1.29 is 9.90 Å². The summed E-state index contributed by atoms with van der Waals surface area (Å²) < 4.78 is 1.82. The van der Waals surface area contributed by atoms with Crippen LogP contribution in [0.1, 0.15) is 48.1 Å². The molecule has 0 saturated heterocycles. The van der Waals surface area contributed by atoms with E-state index in [2.05, 4.69) is 15.7 Å². The highest BCUT2D eigenvalue weighted by Gasteiger charge is 2.16. The number of nitrogens with one attached hydrogen (secondary N) is 2. The molecule has 0 bridgehead atoms. The lowest BCUT2D eigenvalue weighted by Gasteiger charge is -2.20. The minimum absolute atomic E-state index is 0.0692. The van der Waals surface area contributed by atoms with Crippen molar-refractivity contribution in [2.45, 2.75) is 53.2 Å². The van der Waals surface area contributed by atoms with Crippen molar-refractivity contribution in [1.29, 1.82) is 0 Å². The molecule has 1 amide bonds. The van der Waals surface area contributed by atoms with E-state index >= 15 is 0 Å². The molecule has 6 heteroatoms. The van der Waals surface area contributed by atoms with Gasteiger partial charge in [-0.2, -0.15) is 5.10 Å². The Morgan fingerprint density at radius 2 is 2.00 bits per heavy atom. The van der Waals surface area contributed by atoms with Gasteiger partial charge in [-0.25, -0.2) is 0 Å². The third-order valence-electron chi connectivity index (χ3n) is 3.93. The first-order chi connectivity index (χ1) is 11.7. The first kappa shape index (κ1) is 19.0. The molecule has 2 aromatic rings. The molecule has 6 nitrogen and oxygen atoms in total. The van der Waals surface area contributed by atoms with E-state index in [1.807, 2.05) is 63.6 Å². The summed E-state index contributed by atoms with van der Waals surface area (Å²) in [5.74, 6) is -0.0840. The predicted octanol–water partition coefficient (Wildman–Crippen LogP) is 2.63. The van der Waals surface area contributed by atoms with Gasteiger partial charge in [0.25, 0.3) is 5.91 Å².